The van der Waals surface area contributed by atoms with Crippen LogP contribution in [0.4, 0.5) is 13.2 Å². The van der Waals surface area contributed by atoms with Crippen LogP contribution in [0.25, 0.3) is 33.4 Å². The molecule has 101 heavy (non-hydrogen) atoms. The van der Waals surface area contributed by atoms with Crippen LogP contribution in [0.2, 0.25) is 0 Å². The van der Waals surface area contributed by atoms with Gasteiger partial charge in [-0.2, -0.15) is 0 Å². The normalized spacial score (nSPS) is 11.3. The van der Waals surface area contributed by atoms with Crippen molar-refractivity contribution in [3.63, 3.8) is 0 Å². The Morgan fingerprint density at radius 3 is 0.485 bits per heavy atom. The molecule has 0 spiro atoms. The summed E-state index contributed by atoms with van der Waals surface area (Å²) in [6.07, 6.45) is 3.38. The van der Waals surface area contributed by atoms with Crippen LogP contribution in [0, 0.1) is 17.5 Å². The molecule has 0 aliphatic carbocycles. The molecular formula is C89H68F3NO4P4. The van der Waals surface area contributed by atoms with Crippen LogP contribution in [0.3, 0.4) is 0 Å². The predicted molar refractivity (Wildman–Crippen MR) is 417 cm³/mol. The molecule has 0 N–H and O–H groups in total. The zero-order valence-corrected chi connectivity index (χ0v) is 58.3. The van der Waals surface area contributed by atoms with E-state index in [9.17, 15) is 31.4 Å². The van der Waals surface area contributed by atoms with Crippen molar-refractivity contribution in [3.8, 4) is 33.4 Å². The molecule has 15 rings (SSSR count). The Bertz CT molecular complexity index is 4950. The Kier molecular flexibility index (Phi) is 22.6. The van der Waals surface area contributed by atoms with E-state index in [2.05, 4.69) is 77.8 Å². The number of rotatable bonds is 15. The van der Waals surface area contributed by atoms with Crippen molar-refractivity contribution in [2.45, 2.75) is 0 Å². The molecule has 0 bridgehead atoms. The third-order valence-electron chi connectivity index (χ3n) is 17.2. The van der Waals surface area contributed by atoms with Crippen LogP contribution >= 0.6 is 28.6 Å². The molecular weight excluding hydrogens is 1330 g/mol. The van der Waals surface area contributed by atoms with Gasteiger partial charge in [-0.25, -0.2) is 13.2 Å². The number of halogens is 3. The van der Waals surface area contributed by atoms with Gasteiger partial charge in [-0.3, -0.25) is 4.98 Å². The van der Waals surface area contributed by atoms with Crippen molar-refractivity contribution in [1.29, 1.82) is 0 Å². The van der Waals surface area contributed by atoms with Crippen molar-refractivity contribution < 1.29 is 31.4 Å². The number of aromatic nitrogens is 1. The summed E-state index contributed by atoms with van der Waals surface area (Å²) in [5.74, 6) is -1.34. The minimum atomic E-state index is -3.34. The summed E-state index contributed by atoms with van der Waals surface area (Å²) in [6, 6.07) is 123. The second kappa shape index (κ2) is 32.7. The Labute approximate surface area is 588 Å². The first-order valence-electron chi connectivity index (χ1n) is 32.7. The Morgan fingerprint density at radius 2 is 0.297 bits per heavy atom. The average molecular weight is 1400 g/mol. The maximum atomic E-state index is 14.7. The second-order valence-corrected chi connectivity index (χ2v) is 34.6. The van der Waals surface area contributed by atoms with E-state index in [-0.39, 0.29) is 0 Å². The van der Waals surface area contributed by atoms with Crippen LogP contribution in [0.1, 0.15) is 0 Å². The Hall–Kier alpha value is -11.1. The van der Waals surface area contributed by atoms with Gasteiger partial charge in [-0.15, -0.1) is 0 Å². The summed E-state index contributed by atoms with van der Waals surface area (Å²) in [7, 11) is -12.0. The van der Waals surface area contributed by atoms with Gasteiger partial charge in [0.1, 0.15) is 17.5 Å². The van der Waals surface area contributed by atoms with E-state index in [1.807, 2.05) is 255 Å². The first-order valence-corrected chi connectivity index (χ1v) is 39.5. The monoisotopic (exact) mass is 1400 g/mol. The Morgan fingerprint density at radius 1 is 0.158 bits per heavy atom. The summed E-state index contributed by atoms with van der Waals surface area (Å²) in [5, 5.41) is 8.81. The van der Waals surface area contributed by atoms with Crippen LogP contribution in [0.5, 0.6) is 0 Å². The van der Waals surface area contributed by atoms with E-state index >= 15 is 0 Å². The summed E-state index contributed by atoms with van der Waals surface area (Å²) < 4.78 is 96.1. The molecule has 0 saturated heterocycles. The Balaban J connectivity index is 0.000000129. The second-order valence-electron chi connectivity index (χ2n) is 23.5. The molecule has 0 unspecified atom stereocenters. The van der Waals surface area contributed by atoms with E-state index in [1.54, 1.807) is 12.4 Å². The number of hydrogen-bond donors (Lipinski definition) is 0. The molecule has 1 heterocycles. The highest BCUT2D eigenvalue weighted by atomic mass is 31.2. The molecule has 0 fully saturated rings. The standard InChI is InChI=1S/C30H23OP.C24H19OP.C18H12F3OP.C17H14NOP/c31-32(28-14-8-3-9-15-28,29-20-16-26(17-21-29)24-10-4-1-5-11-24)30-22-18-27(19-23-30)25-12-6-2-7-13-25;25-26(22-12-6-2-7-13-22,23-14-8-3-9-15-23)24-18-16-21(17-19-24)20-10-4-1-5-11-20;19-13-1-7-16(8-2-13)23(22,17-9-3-14(20)4-10-17)18-11-5-15(21)6-12-18;19-20(15-7-3-1-4-8-15,16-9-5-2-6-10-16)17-11-13-18-14-12-17/h1-23H;1-19H;1-12H;1-14H. The van der Waals surface area contributed by atoms with E-state index in [1.165, 1.54) is 72.8 Å². The first-order chi connectivity index (χ1) is 49.3. The molecule has 0 saturated carbocycles. The van der Waals surface area contributed by atoms with Gasteiger partial charge < -0.3 is 18.3 Å². The maximum absolute atomic E-state index is 14.7. The largest absolute Gasteiger partial charge is 0.309 e. The fraction of sp³-hybridized carbons (Fsp3) is 0. The minimum Gasteiger partial charge on any atom is -0.309 e. The molecule has 0 aliphatic rings. The van der Waals surface area contributed by atoms with Gasteiger partial charge in [-0.1, -0.05) is 315 Å². The molecule has 0 radical (unpaired) electrons. The van der Waals surface area contributed by atoms with Crippen molar-refractivity contribution in [1.82, 2.24) is 4.98 Å². The lowest BCUT2D eigenvalue weighted by Gasteiger charge is -2.20. The predicted octanol–water partition coefficient (Wildman–Crippen LogP) is 18.1. The molecule has 14 aromatic carbocycles. The quantitative estimate of drug-likeness (QED) is 0.0956. The smallest absolute Gasteiger partial charge is 0.171 e. The van der Waals surface area contributed by atoms with Gasteiger partial charge in [0.05, 0.1) is 0 Å². The summed E-state index contributed by atoms with van der Waals surface area (Å²) in [5.41, 5.74) is 6.83. The number of pyridine rings is 1. The molecule has 494 valence electrons. The lowest BCUT2D eigenvalue weighted by Crippen LogP contribution is -2.25. The number of nitrogens with zero attached hydrogens (tertiary/aromatic N) is 1. The topological polar surface area (TPSA) is 81.2 Å². The van der Waals surface area contributed by atoms with E-state index < -0.39 is 46.0 Å². The third-order valence-corrected chi connectivity index (χ3v) is 29.5. The molecule has 5 nitrogen and oxygen atoms in total. The first kappa shape index (κ1) is 69.8. The van der Waals surface area contributed by atoms with Crippen LogP contribution in [-0.4, -0.2) is 4.98 Å². The van der Waals surface area contributed by atoms with Crippen molar-refractivity contribution >= 4 is 92.2 Å². The third kappa shape index (κ3) is 16.0. The van der Waals surface area contributed by atoms with Crippen molar-refractivity contribution in [2.24, 2.45) is 0 Å². The molecule has 0 amide bonds. The highest BCUT2D eigenvalue weighted by Crippen LogP contribution is 2.46. The summed E-state index contributed by atoms with van der Waals surface area (Å²) >= 11 is 0. The van der Waals surface area contributed by atoms with Crippen molar-refractivity contribution in [3.05, 3.63) is 430 Å². The minimum absolute atomic E-state index is 0.400. The highest BCUT2D eigenvalue weighted by Gasteiger charge is 2.33. The zero-order chi connectivity index (χ0) is 69.9. The fourth-order valence-electron chi connectivity index (χ4n) is 12.0. The van der Waals surface area contributed by atoms with E-state index in [0.29, 0.717) is 15.9 Å². The zero-order valence-electron chi connectivity index (χ0n) is 54.8. The molecule has 0 atom stereocenters. The van der Waals surface area contributed by atoms with E-state index in [0.717, 1.165) is 81.1 Å². The van der Waals surface area contributed by atoms with Crippen molar-refractivity contribution in [2.75, 3.05) is 0 Å². The fourth-order valence-corrected chi connectivity index (χ4v) is 22.5. The van der Waals surface area contributed by atoms with E-state index in [4.69, 9.17) is 0 Å². The SMILES string of the molecule is O=P(c1ccc(F)cc1)(c1ccc(F)cc1)c1ccc(F)cc1.O=P(c1ccccc1)(c1ccc(-c2ccccc2)cc1)c1ccc(-c2ccccc2)cc1.O=P(c1ccccc1)(c1ccccc1)c1ccc(-c2ccccc2)cc1.O=P(c1ccccc1)(c1ccccc1)c1ccncc1. The molecule has 1 aromatic heterocycles. The van der Waals surface area contributed by atoms with Gasteiger partial charge in [0.2, 0.25) is 0 Å². The van der Waals surface area contributed by atoms with Gasteiger partial charge in [-0.05, 0) is 118 Å². The van der Waals surface area contributed by atoms with Gasteiger partial charge >= 0.3 is 0 Å². The molecule has 15 aromatic rings. The highest BCUT2D eigenvalue weighted by molar-refractivity contribution is 7.86. The number of benzene rings is 14. The van der Waals surface area contributed by atoms with Crippen LogP contribution in [-0.2, 0) is 18.3 Å². The molecule has 0 aliphatic heterocycles. The van der Waals surface area contributed by atoms with Crippen LogP contribution in [0.15, 0.2) is 413 Å². The van der Waals surface area contributed by atoms with Gasteiger partial charge in [0, 0.05) is 76.0 Å². The lowest BCUT2D eigenvalue weighted by atomic mass is 10.1. The maximum Gasteiger partial charge on any atom is 0.171 e. The van der Waals surface area contributed by atoms with Gasteiger partial charge in [0.25, 0.3) is 0 Å². The van der Waals surface area contributed by atoms with Gasteiger partial charge in [0.15, 0.2) is 28.6 Å². The average Bonchev–Trinajstić information content (AvgIpc) is 0.793. The summed E-state index contributed by atoms with van der Waals surface area (Å²) in [4.78, 5) is 4.03. The summed E-state index contributed by atoms with van der Waals surface area (Å²) in [6.45, 7) is 0. The molecule has 12 heteroatoms. The number of hydrogen-bond acceptors (Lipinski definition) is 5. The van der Waals surface area contributed by atoms with Crippen LogP contribution < -0.4 is 63.7 Å². The lowest BCUT2D eigenvalue weighted by molar-refractivity contribution is 0.591.